The summed E-state index contributed by atoms with van der Waals surface area (Å²) in [6.07, 6.45) is 4.97. The molecule has 0 amide bonds. The van der Waals surface area contributed by atoms with Gasteiger partial charge in [0.05, 0.1) is 7.11 Å². The molecule has 1 aliphatic carbocycles. The highest BCUT2D eigenvalue weighted by molar-refractivity contribution is 7.82. The first kappa shape index (κ1) is 8.91. The molecule has 11 heavy (non-hydrogen) atoms. The molecule has 1 aliphatic rings. The lowest BCUT2D eigenvalue weighted by Gasteiger charge is -2.28. The summed E-state index contributed by atoms with van der Waals surface area (Å²) in [5.41, 5.74) is 0. The molecule has 0 spiro atoms. The summed E-state index contributed by atoms with van der Waals surface area (Å²) in [5, 5.41) is 0. The summed E-state index contributed by atoms with van der Waals surface area (Å²) in [6, 6.07) is 0. The second-order valence-electron chi connectivity index (χ2n) is 3.05. The quantitative estimate of drug-likeness (QED) is 0.567. The Morgan fingerprint density at radius 3 is 2.36 bits per heavy atom. The Hall–Kier alpha value is -0.180. The largest absolute Gasteiger partial charge is 0.468 e. The maximum absolute atomic E-state index is 11.2. The van der Waals surface area contributed by atoms with Crippen LogP contribution in [0, 0.1) is 0 Å². The molecule has 0 heterocycles. The van der Waals surface area contributed by atoms with Gasteiger partial charge < -0.3 is 4.74 Å². The van der Waals surface area contributed by atoms with Crippen LogP contribution in [0.2, 0.25) is 0 Å². The van der Waals surface area contributed by atoms with Gasteiger partial charge in [0.25, 0.3) is 0 Å². The van der Waals surface area contributed by atoms with Gasteiger partial charge in [0.2, 0.25) is 0 Å². The molecule has 0 aromatic heterocycles. The van der Waals surface area contributed by atoms with E-state index in [0.29, 0.717) is 0 Å². The number of carbonyl (C=O) groups is 1. The van der Waals surface area contributed by atoms with E-state index >= 15 is 0 Å². The zero-order valence-corrected chi connectivity index (χ0v) is 7.58. The van der Waals surface area contributed by atoms with Gasteiger partial charge in [-0.15, -0.1) is 0 Å². The monoisotopic (exact) mass is 173 g/mol. The van der Waals surface area contributed by atoms with Crippen molar-refractivity contribution in [1.82, 2.24) is 0 Å². The van der Waals surface area contributed by atoms with E-state index in [1.54, 1.807) is 0 Å². The van der Waals surface area contributed by atoms with Gasteiger partial charge in [-0.2, -0.15) is 0 Å². The average molecular weight is 173 g/mol. The van der Waals surface area contributed by atoms with Crippen LogP contribution in [0.3, 0.4) is 0 Å². The van der Waals surface area contributed by atoms with Crippen LogP contribution in [0.1, 0.15) is 32.1 Å². The molecule has 2 nitrogen and oxygen atoms in total. The highest BCUT2D eigenvalue weighted by atomic mass is 32.1. The molecule has 0 aromatic rings. The number of rotatable bonds is 1. The summed E-state index contributed by atoms with van der Waals surface area (Å²) in [4.78, 5) is 11.2. The summed E-state index contributed by atoms with van der Waals surface area (Å²) in [6.45, 7) is 0. The van der Waals surface area contributed by atoms with Crippen molar-refractivity contribution in [2.75, 3.05) is 7.11 Å². The van der Waals surface area contributed by atoms with Gasteiger partial charge in [-0.3, -0.25) is 4.79 Å². The number of hydrogen-bond donors (Lipinski definition) is 0. The first-order valence-electron chi connectivity index (χ1n) is 3.98. The van der Waals surface area contributed by atoms with Crippen molar-refractivity contribution in [3.63, 3.8) is 0 Å². The highest BCUT2D eigenvalue weighted by Crippen LogP contribution is 2.34. The van der Waals surface area contributed by atoms with E-state index < -0.39 is 4.75 Å². The van der Waals surface area contributed by atoms with Crippen molar-refractivity contribution >= 4 is 18.6 Å². The van der Waals surface area contributed by atoms with Crippen molar-refractivity contribution in [2.24, 2.45) is 0 Å². The molecule has 0 aromatic carbocycles. The van der Waals surface area contributed by atoms with Crippen LogP contribution >= 0.6 is 12.6 Å². The maximum Gasteiger partial charge on any atom is 0.322 e. The summed E-state index contributed by atoms with van der Waals surface area (Å²) < 4.78 is 4.06. The zero-order chi connectivity index (χ0) is 8.32. The normalized spacial score (nSPS) is 22.7. The fourth-order valence-electron chi connectivity index (χ4n) is 1.51. The first-order chi connectivity index (χ1) is 5.19. The van der Waals surface area contributed by atoms with Crippen LogP contribution in [0.15, 0.2) is 0 Å². The molecule has 63 valence electrons. The third kappa shape index (κ3) is 1.89. The predicted octanol–water partition coefficient (Wildman–Crippen LogP) is 2.06. The van der Waals surface area contributed by atoms with Crippen LogP contribution in [0.5, 0.6) is 0 Å². The molecule has 0 aliphatic heterocycles. The van der Waals surface area contributed by atoms with Crippen LogP contribution in [-0.2, 0) is 9.53 Å². The van der Waals surface area contributed by atoms with E-state index in [1.807, 2.05) is 0 Å². The molecule has 1 fully saturated rings. The molecule has 0 N–H and O–H groups in total. The van der Waals surface area contributed by atoms with Crippen LogP contribution in [0.4, 0.5) is 0 Å². The van der Waals surface area contributed by atoms with Gasteiger partial charge in [0, 0.05) is 0 Å². The first-order valence-corrected chi connectivity index (χ1v) is 4.39. The number of esters is 1. The Labute approximate surface area is 72.7 Å². The minimum Gasteiger partial charge on any atom is -0.468 e. The number of ether oxygens (including phenoxy) is 1. The Morgan fingerprint density at radius 1 is 1.36 bits per heavy atom. The van der Waals surface area contributed by atoms with Gasteiger partial charge >= 0.3 is 5.97 Å². The molecule has 0 saturated heterocycles. The second kappa shape index (κ2) is 3.48. The van der Waals surface area contributed by atoms with Crippen molar-refractivity contribution in [3.8, 4) is 0 Å². The predicted molar refractivity (Wildman–Crippen MR) is 45.4 cm³/mol. The lowest BCUT2D eigenvalue weighted by atomic mass is 9.88. The Balaban J connectivity index is 2.56. The zero-order valence-electron chi connectivity index (χ0n) is 6.76. The van der Waals surface area contributed by atoms with Crippen molar-refractivity contribution in [1.29, 1.82) is 0 Å². The van der Waals surface area contributed by atoms with E-state index in [4.69, 9.17) is 12.6 Å². The summed E-state index contributed by atoms with van der Waals surface area (Å²) >= 11 is 5.20. The smallest absolute Gasteiger partial charge is 0.322 e. The summed E-state index contributed by atoms with van der Waals surface area (Å²) in [7, 11) is 1.41. The third-order valence-corrected chi connectivity index (χ3v) is 2.79. The Morgan fingerprint density at radius 2 is 1.91 bits per heavy atom. The highest BCUT2D eigenvalue weighted by Gasteiger charge is 2.37. The number of hydrogen-bond acceptors (Lipinski definition) is 2. The molecule has 0 unspecified atom stereocenters. The second-order valence-corrected chi connectivity index (χ2v) is 3.83. The molecule has 0 bridgehead atoms. The average Bonchev–Trinajstić information content (AvgIpc) is 2.04. The van der Waals surface area contributed by atoms with Gasteiger partial charge in [0.15, 0.2) is 0 Å². The number of carbonyl (C=O) groups excluding carboxylic acids is 1. The summed E-state index contributed by atoms with van der Waals surface area (Å²) in [5.74, 6) is -0.216. The molecular formula is C8H13O2S. The van der Waals surface area contributed by atoms with Crippen molar-refractivity contribution in [3.05, 3.63) is 0 Å². The van der Waals surface area contributed by atoms with Crippen LogP contribution < -0.4 is 0 Å². The van der Waals surface area contributed by atoms with E-state index in [-0.39, 0.29) is 5.97 Å². The Bertz CT molecular complexity index is 150. The minimum absolute atomic E-state index is 0.216. The third-order valence-electron chi connectivity index (χ3n) is 2.22. The SMILES string of the molecule is COC(=O)C1([S])CCCCC1. The van der Waals surface area contributed by atoms with Crippen molar-refractivity contribution < 1.29 is 9.53 Å². The fraction of sp³-hybridized carbons (Fsp3) is 0.875. The molecule has 1 saturated carbocycles. The van der Waals surface area contributed by atoms with Crippen molar-refractivity contribution in [2.45, 2.75) is 36.9 Å². The number of methoxy groups -OCH3 is 1. The molecular weight excluding hydrogens is 160 g/mol. The topological polar surface area (TPSA) is 26.3 Å². The van der Waals surface area contributed by atoms with Gasteiger partial charge in [-0.1, -0.05) is 31.9 Å². The Kier molecular flexibility index (Phi) is 2.82. The van der Waals surface area contributed by atoms with Crippen LogP contribution in [0.25, 0.3) is 0 Å². The van der Waals surface area contributed by atoms with Crippen LogP contribution in [-0.4, -0.2) is 17.8 Å². The van der Waals surface area contributed by atoms with E-state index in [2.05, 4.69) is 4.74 Å². The standard InChI is InChI=1S/C8H13O2S/c1-10-7(9)8(11)5-3-2-4-6-8/h2-6H2,1H3. The lowest BCUT2D eigenvalue weighted by Crippen LogP contribution is -2.35. The lowest BCUT2D eigenvalue weighted by molar-refractivity contribution is -0.144. The maximum atomic E-state index is 11.2. The van der Waals surface area contributed by atoms with Gasteiger partial charge in [-0.25, -0.2) is 0 Å². The molecule has 0 atom stereocenters. The van der Waals surface area contributed by atoms with Gasteiger partial charge in [-0.05, 0) is 12.8 Å². The molecule has 1 rings (SSSR count). The van der Waals surface area contributed by atoms with E-state index in [0.717, 1.165) is 25.7 Å². The van der Waals surface area contributed by atoms with E-state index in [1.165, 1.54) is 13.5 Å². The van der Waals surface area contributed by atoms with Gasteiger partial charge in [0.1, 0.15) is 4.75 Å². The minimum atomic E-state index is -0.590. The fourth-order valence-corrected chi connectivity index (χ4v) is 1.89. The molecule has 1 radical (unpaired) electrons. The van der Waals surface area contributed by atoms with E-state index in [9.17, 15) is 4.79 Å². The molecule has 3 heteroatoms.